The number of hydrogen-bond donors (Lipinski definition) is 1. The molecule has 2 rings (SSSR count). The largest absolute Gasteiger partial charge is 0.479 e. The lowest BCUT2D eigenvalue weighted by Crippen LogP contribution is -2.52. The minimum Gasteiger partial charge on any atom is -0.479 e. The van der Waals surface area contributed by atoms with E-state index in [0.717, 1.165) is 4.31 Å². The molecular weight excluding hydrogens is 286 g/mol. The molecule has 0 saturated carbocycles. The average molecular weight is 303 g/mol. The number of nitrogens with zero attached hydrogens (tertiary/aromatic N) is 3. The van der Waals surface area contributed by atoms with Gasteiger partial charge in [-0.2, -0.15) is 9.40 Å². The fourth-order valence-electron chi connectivity index (χ4n) is 2.27. The lowest BCUT2D eigenvalue weighted by atomic mass is 10.2. The summed E-state index contributed by atoms with van der Waals surface area (Å²) in [5.41, 5.74) is 0.526. The van der Waals surface area contributed by atoms with Gasteiger partial charge < -0.3 is 9.84 Å². The predicted octanol–water partition coefficient (Wildman–Crippen LogP) is -0.409. The van der Waals surface area contributed by atoms with Crippen molar-refractivity contribution in [2.45, 2.75) is 31.1 Å². The van der Waals surface area contributed by atoms with Crippen molar-refractivity contribution in [1.29, 1.82) is 0 Å². The number of aromatic nitrogens is 2. The van der Waals surface area contributed by atoms with Crippen LogP contribution in [0.5, 0.6) is 0 Å². The van der Waals surface area contributed by atoms with E-state index in [4.69, 9.17) is 9.84 Å². The van der Waals surface area contributed by atoms with Crippen LogP contribution in [0.1, 0.15) is 12.5 Å². The molecule has 0 aromatic carbocycles. The Balaban J connectivity index is 2.37. The monoisotopic (exact) mass is 303 g/mol. The van der Waals surface area contributed by atoms with Crippen LogP contribution in [0.2, 0.25) is 0 Å². The van der Waals surface area contributed by atoms with E-state index in [1.54, 1.807) is 20.9 Å². The van der Waals surface area contributed by atoms with Crippen LogP contribution in [0.15, 0.2) is 11.2 Å². The standard InChI is InChI=1S/C11H17N3O5S/c1-7-4-12-13(3)10(7)20(17,18)14-5-8(2)19-9(6-14)11(15)16/h4,8-9H,5-6H2,1-3H3,(H,15,16)/t8-,9-/m1/s1. The molecule has 2 atom stereocenters. The van der Waals surface area contributed by atoms with Crippen molar-refractivity contribution in [3.8, 4) is 0 Å². The number of morpholine rings is 1. The van der Waals surface area contributed by atoms with E-state index in [1.165, 1.54) is 10.9 Å². The van der Waals surface area contributed by atoms with E-state index in [0.29, 0.717) is 5.56 Å². The van der Waals surface area contributed by atoms with Gasteiger partial charge in [-0.25, -0.2) is 13.2 Å². The molecule has 2 heterocycles. The smallest absolute Gasteiger partial charge is 0.334 e. The first-order valence-corrected chi connectivity index (χ1v) is 7.54. The van der Waals surface area contributed by atoms with Crippen molar-refractivity contribution in [2.24, 2.45) is 7.05 Å². The summed E-state index contributed by atoms with van der Waals surface area (Å²) < 4.78 is 32.9. The van der Waals surface area contributed by atoms with Gasteiger partial charge in [0.2, 0.25) is 0 Å². The van der Waals surface area contributed by atoms with Crippen LogP contribution in [-0.4, -0.2) is 58.9 Å². The third kappa shape index (κ3) is 2.56. The predicted molar refractivity (Wildman–Crippen MR) is 68.7 cm³/mol. The summed E-state index contributed by atoms with van der Waals surface area (Å²) >= 11 is 0. The number of ether oxygens (including phenoxy) is 1. The average Bonchev–Trinajstić information content (AvgIpc) is 2.68. The number of rotatable bonds is 3. The van der Waals surface area contributed by atoms with E-state index < -0.39 is 28.2 Å². The molecule has 0 aliphatic carbocycles. The van der Waals surface area contributed by atoms with Gasteiger partial charge in [-0.1, -0.05) is 0 Å². The van der Waals surface area contributed by atoms with Gasteiger partial charge >= 0.3 is 5.97 Å². The zero-order valence-electron chi connectivity index (χ0n) is 11.5. The molecule has 1 aromatic heterocycles. The molecule has 0 unspecified atom stereocenters. The number of carboxylic acid groups (broad SMARTS) is 1. The Morgan fingerprint density at radius 3 is 2.65 bits per heavy atom. The minimum atomic E-state index is -3.79. The maximum absolute atomic E-state index is 12.6. The lowest BCUT2D eigenvalue weighted by Gasteiger charge is -2.34. The molecule has 0 radical (unpaired) electrons. The zero-order valence-corrected chi connectivity index (χ0v) is 12.3. The van der Waals surface area contributed by atoms with Gasteiger partial charge in [0.05, 0.1) is 18.8 Å². The van der Waals surface area contributed by atoms with Crippen LogP contribution in [0, 0.1) is 6.92 Å². The van der Waals surface area contributed by atoms with E-state index >= 15 is 0 Å². The summed E-state index contributed by atoms with van der Waals surface area (Å²) in [4.78, 5) is 11.0. The number of hydrogen-bond acceptors (Lipinski definition) is 5. The molecule has 8 nitrogen and oxygen atoms in total. The molecule has 1 aliphatic heterocycles. The Kier molecular flexibility index (Phi) is 3.85. The number of carboxylic acids is 1. The molecule has 9 heteroatoms. The van der Waals surface area contributed by atoms with Crippen molar-refractivity contribution in [3.63, 3.8) is 0 Å². The highest BCUT2D eigenvalue weighted by molar-refractivity contribution is 7.89. The molecular formula is C11H17N3O5S. The van der Waals surface area contributed by atoms with Crippen LogP contribution in [0.25, 0.3) is 0 Å². The van der Waals surface area contributed by atoms with Crippen LogP contribution >= 0.6 is 0 Å². The minimum absolute atomic E-state index is 0.0794. The van der Waals surface area contributed by atoms with Gasteiger partial charge in [0, 0.05) is 19.2 Å². The van der Waals surface area contributed by atoms with E-state index in [2.05, 4.69) is 5.10 Å². The van der Waals surface area contributed by atoms with Crippen LogP contribution in [0.3, 0.4) is 0 Å². The third-order valence-electron chi connectivity index (χ3n) is 3.14. The summed E-state index contributed by atoms with van der Waals surface area (Å²) in [6.07, 6.45) is -0.166. The molecule has 1 fully saturated rings. The maximum Gasteiger partial charge on any atom is 0.334 e. The first kappa shape index (κ1) is 14.9. The first-order chi connectivity index (χ1) is 9.23. The van der Waals surface area contributed by atoms with E-state index in [-0.39, 0.29) is 18.1 Å². The third-order valence-corrected chi connectivity index (χ3v) is 5.20. The van der Waals surface area contributed by atoms with Crippen molar-refractivity contribution < 1.29 is 23.1 Å². The van der Waals surface area contributed by atoms with Gasteiger partial charge in [-0.15, -0.1) is 0 Å². The topological polar surface area (TPSA) is 102 Å². The van der Waals surface area contributed by atoms with Gasteiger partial charge in [-0.3, -0.25) is 4.68 Å². The molecule has 0 spiro atoms. The van der Waals surface area contributed by atoms with Crippen molar-refractivity contribution in [3.05, 3.63) is 11.8 Å². The summed E-state index contributed by atoms with van der Waals surface area (Å²) in [6.45, 7) is 3.22. The number of carbonyl (C=O) groups is 1. The summed E-state index contributed by atoms with van der Waals surface area (Å²) in [7, 11) is -2.25. The Labute approximate surface area is 117 Å². The fourth-order valence-corrected chi connectivity index (χ4v) is 4.10. The Morgan fingerprint density at radius 1 is 1.50 bits per heavy atom. The summed E-state index contributed by atoms with van der Waals surface area (Å²) in [5.74, 6) is -1.17. The highest BCUT2D eigenvalue weighted by Gasteiger charge is 2.38. The molecule has 0 amide bonds. The van der Waals surface area contributed by atoms with Crippen LogP contribution in [0.4, 0.5) is 0 Å². The van der Waals surface area contributed by atoms with Gasteiger partial charge in [0.1, 0.15) is 0 Å². The van der Waals surface area contributed by atoms with Gasteiger partial charge in [0.25, 0.3) is 10.0 Å². The molecule has 1 N–H and O–H groups in total. The number of aliphatic carboxylic acids is 1. The second-order valence-electron chi connectivity index (χ2n) is 4.85. The quantitative estimate of drug-likeness (QED) is 0.814. The lowest BCUT2D eigenvalue weighted by molar-refractivity contribution is -0.159. The van der Waals surface area contributed by atoms with E-state index in [9.17, 15) is 13.2 Å². The molecule has 20 heavy (non-hydrogen) atoms. The molecule has 112 valence electrons. The van der Waals surface area contributed by atoms with Gasteiger partial charge in [0.15, 0.2) is 11.1 Å². The maximum atomic E-state index is 12.6. The highest BCUT2D eigenvalue weighted by atomic mass is 32.2. The Morgan fingerprint density at radius 2 is 2.15 bits per heavy atom. The van der Waals surface area contributed by atoms with Crippen LogP contribution < -0.4 is 0 Å². The fraction of sp³-hybridized carbons (Fsp3) is 0.636. The molecule has 1 aliphatic rings. The second kappa shape index (κ2) is 5.15. The molecule has 0 bridgehead atoms. The normalized spacial score (nSPS) is 24.8. The number of sulfonamides is 1. The zero-order chi connectivity index (χ0) is 15.1. The Bertz CT molecular complexity index is 605. The number of aryl methyl sites for hydroxylation is 2. The first-order valence-electron chi connectivity index (χ1n) is 6.10. The molecule has 1 saturated heterocycles. The Hall–Kier alpha value is -1.45. The van der Waals surface area contributed by atoms with Crippen LogP contribution in [-0.2, 0) is 26.6 Å². The van der Waals surface area contributed by atoms with Crippen molar-refractivity contribution >= 4 is 16.0 Å². The highest BCUT2D eigenvalue weighted by Crippen LogP contribution is 2.23. The summed E-state index contributed by atoms with van der Waals surface area (Å²) in [5, 5.41) is 13.0. The van der Waals surface area contributed by atoms with Gasteiger partial charge in [-0.05, 0) is 13.8 Å². The second-order valence-corrected chi connectivity index (χ2v) is 6.71. The molecule has 1 aromatic rings. The van der Waals surface area contributed by atoms with Crippen molar-refractivity contribution in [2.75, 3.05) is 13.1 Å². The SMILES string of the molecule is Cc1cnn(C)c1S(=O)(=O)N1C[C@@H](C)O[C@@H](C(=O)O)C1. The van der Waals surface area contributed by atoms with E-state index in [1.807, 2.05) is 0 Å². The summed E-state index contributed by atoms with van der Waals surface area (Å²) in [6, 6.07) is 0. The van der Waals surface area contributed by atoms with Crippen molar-refractivity contribution in [1.82, 2.24) is 14.1 Å².